The molecule has 1 fully saturated rings. The van der Waals surface area contributed by atoms with Crippen molar-refractivity contribution in [2.75, 3.05) is 13.1 Å². The molecule has 1 aromatic heterocycles. The molecule has 0 radical (unpaired) electrons. The van der Waals surface area contributed by atoms with Crippen molar-refractivity contribution in [2.24, 2.45) is 0 Å². The van der Waals surface area contributed by atoms with Crippen molar-refractivity contribution in [3.05, 3.63) is 40.2 Å². The number of nitrogens with one attached hydrogen (secondary N) is 2. The summed E-state index contributed by atoms with van der Waals surface area (Å²) in [6.45, 7) is 4.14. The molecule has 1 saturated carbocycles. The molecule has 9 heteroatoms. The van der Waals surface area contributed by atoms with E-state index in [1.165, 1.54) is 22.5 Å². The van der Waals surface area contributed by atoms with Gasteiger partial charge in [0.05, 0.1) is 16.5 Å². The molecule has 1 aliphatic rings. The lowest BCUT2D eigenvalue weighted by molar-refractivity contribution is 0.0883. The Hall–Kier alpha value is -2.70. The van der Waals surface area contributed by atoms with Gasteiger partial charge in [-0.3, -0.25) is 9.59 Å². The minimum Gasteiger partial charge on any atom is -0.334 e. The minimum atomic E-state index is -3.72. The first-order chi connectivity index (χ1) is 13.3. The molecule has 2 N–H and O–H groups in total. The molecule has 2 aromatic rings. The number of aromatic amines is 1. The number of sulfonamides is 1. The van der Waals surface area contributed by atoms with Crippen LogP contribution < -0.4 is 10.9 Å². The van der Waals surface area contributed by atoms with E-state index in [1.54, 1.807) is 13.8 Å². The second-order valence-corrected chi connectivity index (χ2v) is 8.78. The molecular formula is C19H22N4O4S. The van der Waals surface area contributed by atoms with Gasteiger partial charge in [0.25, 0.3) is 5.91 Å². The zero-order chi connectivity index (χ0) is 20.5. The number of nitrogens with zero attached hydrogens (tertiary/aromatic N) is 2. The highest BCUT2D eigenvalue weighted by molar-refractivity contribution is 7.89. The molecule has 1 aliphatic carbocycles. The van der Waals surface area contributed by atoms with Crippen molar-refractivity contribution in [3.8, 4) is 6.07 Å². The average Bonchev–Trinajstić information content (AvgIpc) is 2.64. The lowest BCUT2D eigenvalue weighted by Crippen LogP contribution is -2.52. The summed E-state index contributed by atoms with van der Waals surface area (Å²) in [6, 6.07) is 7.55. The van der Waals surface area contributed by atoms with Gasteiger partial charge in [-0.2, -0.15) is 9.57 Å². The number of H-pyrrole nitrogens is 1. The number of aromatic nitrogens is 1. The number of carbonyl (C=O) groups is 1. The largest absolute Gasteiger partial charge is 0.334 e. The molecule has 0 spiro atoms. The van der Waals surface area contributed by atoms with Crippen LogP contribution in [0.5, 0.6) is 0 Å². The first kappa shape index (κ1) is 20.0. The van der Waals surface area contributed by atoms with Crippen LogP contribution in [0.1, 0.15) is 43.5 Å². The highest BCUT2D eigenvalue weighted by atomic mass is 32.2. The summed E-state index contributed by atoms with van der Waals surface area (Å²) >= 11 is 0. The van der Waals surface area contributed by atoms with Gasteiger partial charge < -0.3 is 10.3 Å². The molecule has 0 bridgehead atoms. The molecule has 148 valence electrons. The first-order valence-electron chi connectivity index (χ1n) is 9.17. The van der Waals surface area contributed by atoms with Gasteiger partial charge in [0.1, 0.15) is 5.54 Å². The smallest absolute Gasteiger partial charge is 0.253 e. The van der Waals surface area contributed by atoms with E-state index in [9.17, 15) is 23.3 Å². The lowest BCUT2D eigenvalue weighted by Gasteiger charge is -2.35. The van der Waals surface area contributed by atoms with Crippen molar-refractivity contribution in [3.63, 3.8) is 0 Å². The van der Waals surface area contributed by atoms with E-state index < -0.39 is 27.0 Å². The summed E-state index contributed by atoms with van der Waals surface area (Å²) in [6.07, 6.45) is 1.95. The summed E-state index contributed by atoms with van der Waals surface area (Å²) in [4.78, 5) is 27.5. The highest BCUT2D eigenvalue weighted by Crippen LogP contribution is 2.32. The Morgan fingerprint density at radius 1 is 1.29 bits per heavy atom. The number of pyridine rings is 1. The fourth-order valence-electron chi connectivity index (χ4n) is 3.37. The fraction of sp³-hybridized carbons (Fsp3) is 0.421. The van der Waals surface area contributed by atoms with Gasteiger partial charge >= 0.3 is 0 Å². The lowest BCUT2D eigenvalue weighted by atomic mass is 9.78. The van der Waals surface area contributed by atoms with E-state index in [1.807, 2.05) is 0 Å². The highest BCUT2D eigenvalue weighted by Gasteiger charge is 2.39. The zero-order valence-corrected chi connectivity index (χ0v) is 16.6. The Morgan fingerprint density at radius 2 is 1.96 bits per heavy atom. The van der Waals surface area contributed by atoms with E-state index in [2.05, 4.69) is 16.4 Å². The second-order valence-electron chi connectivity index (χ2n) is 6.85. The number of nitriles is 1. The molecule has 0 atom stereocenters. The molecule has 1 heterocycles. The van der Waals surface area contributed by atoms with Crippen LogP contribution in [-0.2, 0) is 10.0 Å². The third kappa shape index (κ3) is 3.41. The summed E-state index contributed by atoms with van der Waals surface area (Å²) in [5.41, 5.74) is -0.985. The molecule has 0 unspecified atom stereocenters. The number of rotatable bonds is 6. The van der Waals surface area contributed by atoms with Crippen LogP contribution in [0.3, 0.4) is 0 Å². The van der Waals surface area contributed by atoms with Crippen molar-refractivity contribution in [1.29, 1.82) is 5.26 Å². The predicted octanol–water partition coefficient (Wildman–Crippen LogP) is 1.73. The van der Waals surface area contributed by atoms with Crippen molar-refractivity contribution < 1.29 is 13.2 Å². The average molecular weight is 402 g/mol. The van der Waals surface area contributed by atoms with Gasteiger partial charge in [0.15, 0.2) is 0 Å². The summed E-state index contributed by atoms with van der Waals surface area (Å²) in [5, 5.41) is 12.4. The second kappa shape index (κ2) is 7.37. The molecule has 0 saturated heterocycles. The van der Waals surface area contributed by atoms with Gasteiger partial charge in [-0.25, -0.2) is 8.42 Å². The third-order valence-corrected chi connectivity index (χ3v) is 7.22. The van der Waals surface area contributed by atoms with Crippen LogP contribution in [0.2, 0.25) is 0 Å². The molecule has 8 nitrogen and oxygen atoms in total. The van der Waals surface area contributed by atoms with Gasteiger partial charge in [-0.1, -0.05) is 13.8 Å². The molecule has 0 aliphatic heterocycles. The molecule has 1 aromatic carbocycles. The number of carbonyl (C=O) groups excluding carboxylic acids is 1. The summed E-state index contributed by atoms with van der Waals surface area (Å²) in [5.74, 6) is -0.560. The summed E-state index contributed by atoms with van der Waals surface area (Å²) in [7, 11) is -3.72. The summed E-state index contributed by atoms with van der Waals surface area (Å²) < 4.78 is 27.0. The maximum atomic E-state index is 12.8. The standard InChI is InChI=1S/C19H22N4O4S/c1-3-23(4-2)28(26,27)13-6-7-16-14(10-13)15(11-17(24)21-16)18(25)22-19(12-20)8-5-9-19/h6-7,10-11H,3-5,8-9H2,1-2H3,(H,21,24)(H,22,25). The quantitative estimate of drug-likeness (QED) is 0.762. The number of hydrogen-bond acceptors (Lipinski definition) is 5. The third-order valence-electron chi connectivity index (χ3n) is 5.18. The van der Waals surface area contributed by atoms with Gasteiger partial charge in [-0.05, 0) is 37.5 Å². The Morgan fingerprint density at radius 3 is 2.50 bits per heavy atom. The number of benzene rings is 1. The van der Waals surface area contributed by atoms with Crippen molar-refractivity contribution in [2.45, 2.75) is 43.5 Å². The Kier molecular flexibility index (Phi) is 5.28. The fourth-order valence-corrected chi connectivity index (χ4v) is 4.86. The molecular weight excluding hydrogens is 380 g/mol. The Bertz CT molecular complexity index is 1120. The Balaban J connectivity index is 2.11. The van der Waals surface area contributed by atoms with Crippen LogP contribution in [0, 0.1) is 11.3 Å². The van der Waals surface area contributed by atoms with Crippen molar-refractivity contribution in [1.82, 2.24) is 14.6 Å². The number of hydrogen-bond donors (Lipinski definition) is 2. The molecule has 28 heavy (non-hydrogen) atoms. The van der Waals surface area contributed by atoms with Gasteiger partial charge in [-0.15, -0.1) is 0 Å². The van der Waals surface area contributed by atoms with Crippen LogP contribution in [0.4, 0.5) is 0 Å². The number of fused-ring (bicyclic) bond motifs is 1. The van der Waals surface area contributed by atoms with E-state index in [4.69, 9.17) is 0 Å². The van der Waals surface area contributed by atoms with Crippen molar-refractivity contribution >= 4 is 26.8 Å². The SMILES string of the molecule is CCN(CC)S(=O)(=O)c1ccc2[nH]c(=O)cc(C(=O)NC3(C#N)CCC3)c2c1. The monoisotopic (exact) mass is 402 g/mol. The van der Waals surface area contributed by atoms with E-state index >= 15 is 0 Å². The Labute approximate surface area is 163 Å². The first-order valence-corrected chi connectivity index (χ1v) is 10.6. The van der Waals surface area contributed by atoms with Gasteiger partial charge in [0.2, 0.25) is 15.6 Å². The topological polar surface area (TPSA) is 123 Å². The van der Waals surface area contributed by atoms with Crippen LogP contribution in [-0.4, -0.2) is 42.2 Å². The molecule has 3 rings (SSSR count). The maximum Gasteiger partial charge on any atom is 0.253 e. The van der Waals surface area contributed by atoms with E-state index in [-0.39, 0.29) is 10.5 Å². The number of amides is 1. The van der Waals surface area contributed by atoms with E-state index in [0.29, 0.717) is 36.8 Å². The van der Waals surface area contributed by atoms with Crippen LogP contribution in [0.25, 0.3) is 10.9 Å². The van der Waals surface area contributed by atoms with Crippen LogP contribution >= 0.6 is 0 Å². The predicted molar refractivity (Wildman–Crippen MR) is 104 cm³/mol. The normalized spacial score (nSPS) is 15.8. The minimum absolute atomic E-state index is 0.0449. The van der Waals surface area contributed by atoms with E-state index in [0.717, 1.165) is 12.5 Å². The van der Waals surface area contributed by atoms with Crippen LogP contribution in [0.15, 0.2) is 34.0 Å². The zero-order valence-electron chi connectivity index (χ0n) is 15.8. The maximum absolute atomic E-state index is 12.8. The molecule has 1 amide bonds. The van der Waals surface area contributed by atoms with Gasteiger partial charge in [0, 0.05) is 30.1 Å².